The molecule has 0 radical (unpaired) electrons. The second-order valence-electron chi connectivity index (χ2n) is 3.66. The summed E-state index contributed by atoms with van der Waals surface area (Å²) in [5, 5.41) is 0. The van der Waals surface area contributed by atoms with Crippen LogP contribution in [0.25, 0.3) is 0 Å². The van der Waals surface area contributed by atoms with Crippen molar-refractivity contribution in [1.82, 2.24) is 15.0 Å². The normalized spacial score (nSPS) is 12.7. The topological polar surface area (TPSA) is 55.9 Å². The largest absolute Gasteiger partial charge is 0.336 e. The first kappa shape index (κ1) is 12.8. The van der Waals surface area contributed by atoms with Crippen molar-refractivity contribution < 1.29 is 0 Å². The first-order valence-electron chi connectivity index (χ1n) is 5.01. The van der Waals surface area contributed by atoms with Crippen LogP contribution in [0.3, 0.4) is 0 Å². The van der Waals surface area contributed by atoms with Gasteiger partial charge in [0.2, 0.25) is 0 Å². The molecule has 17 heavy (non-hydrogen) atoms. The average Bonchev–Trinajstić information content (AvgIpc) is 2.69. The van der Waals surface area contributed by atoms with Gasteiger partial charge in [-0.1, -0.05) is 37.9 Å². The minimum absolute atomic E-state index is 0.141. The number of rotatable bonds is 3. The van der Waals surface area contributed by atoms with Crippen molar-refractivity contribution in [2.24, 2.45) is 12.9 Å². The molecule has 4 nitrogen and oxygen atoms in total. The van der Waals surface area contributed by atoms with E-state index in [9.17, 15) is 0 Å². The fourth-order valence-electron chi connectivity index (χ4n) is 1.69. The van der Waals surface area contributed by atoms with E-state index in [1.165, 1.54) is 0 Å². The quantitative estimate of drug-likeness (QED) is 0.654. The van der Waals surface area contributed by atoms with Gasteiger partial charge in [0.25, 0.3) is 0 Å². The van der Waals surface area contributed by atoms with Gasteiger partial charge in [-0.05, 0) is 17.7 Å². The number of nitrogens with two attached hydrogens (primary N) is 1. The molecule has 2 rings (SSSR count). The van der Waals surface area contributed by atoms with Crippen molar-refractivity contribution in [3.63, 3.8) is 0 Å². The Bertz CT molecular complexity index is 524. The lowest BCUT2D eigenvalue weighted by molar-refractivity contribution is 0.578. The number of hydrogen-bond acceptors (Lipinski definition) is 3. The maximum absolute atomic E-state index is 5.64. The van der Waals surface area contributed by atoms with Gasteiger partial charge in [0, 0.05) is 28.4 Å². The van der Waals surface area contributed by atoms with E-state index in [0.717, 1.165) is 20.3 Å². The first-order chi connectivity index (χ1) is 8.13. The highest BCUT2D eigenvalue weighted by Crippen LogP contribution is 2.29. The number of hydrogen-bond donors (Lipinski definition) is 2. The lowest BCUT2D eigenvalue weighted by atomic mass is 10.1. The van der Waals surface area contributed by atoms with Crippen molar-refractivity contribution in [3.05, 3.63) is 50.9 Å². The zero-order valence-corrected chi connectivity index (χ0v) is 12.4. The van der Waals surface area contributed by atoms with E-state index < -0.39 is 0 Å². The molecule has 0 amide bonds. The number of aryl methyl sites for hydroxylation is 1. The average molecular weight is 360 g/mol. The van der Waals surface area contributed by atoms with Crippen LogP contribution in [0.5, 0.6) is 0 Å². The van der Waals surface area contributed by atoms with E-state index >= 15 is 0 Å². The summed E-state index contributed by atoms with van der Waals surface area (Å²) in [6, 6.07) is 5.83. The Hall–Kier alpha value is -0.690. The Balaban J connectivity index is 2.46. The Morgan fingerprint density at radius 2 is 2.18 bits per heavy atom. The van der Waals surface area contributed by atoms with Gasteiger partial charge >= 0.3 is 0 Å². The lowest BCUT2D eigenvalue weighted by Crippen LogP contribution is -2.31. The second-order valence-corrected chi connectivity index (χ2v) is 5.43. The molecule has 0 aliphatic rings. The van der Waals surface area contributed by atoms with E-state index in [2.05, 4.69) is 42.3 Å². The van der Waals surface area contributed by atoms with Crippen molar-refractivity contribution >= 4 is 31.9 Å². The van der Waals surface area contributed by atoms with E-state index in [1.807, 2.05) is 36.0 Å². The zero-order chi connectivity index (χ0) is 12.4. The molecule has 0 saturated heterocycles. The Morgan fingerprint density at radius 3 is 2.71 bits per heavy atom. The molecule has 0 fully saturated rings. The number of halogens is 2. The van der Waals surface area contributed by atoms with Gasteiger partial charge in [-0.15, -0.1) is 0 Å². The van der Waals surface area contributed by atoms with Gasteiger partial charge in [-0.3, -0.25) is 5.84 Å². The van der Waals surface area contributed by atoms with E-state index in [0.29, 0.717) is 0 Å². The van der Waals surface area contributed by atoms with E-state index in [4.69, 9.17) is 5.84 Å². The van der Waals surface area contributed by atoms with Crippen LogP contribution in [0, 0.1) is 0 Å². The molecule has 0 spiro atoms. The maximum Gasteiger partial charge on any atom is 0.131 e. The molecule has 2 aromatic rings. The van der Waals surface area contributed by atoms with Gasteiger partial charge < -0.3 is 4.57 Å². The Morgan fingerprint density at radius 1 is 1.41 bits per heavy atom. The number of nitrogens with one attached hydrogen (secondary N) is 1. The predicted molar refractivity (Wildman–Crippen MR) is 74.2 cm³/mol. The summed E-state index contributed by atoms with van der Waals surface area (Å²) in [5.74, 6) is 6.51. The summed E-state index contributed by atoms with van der Waals surface area (Å²) in [5.41, 5.74) is 3.84. The van der Waals surface area contributed by atoms with Gasteiger partial charge in [0.15, 0.2) is 0 Å². The van der Waals surface area contributed by atoms with Crippen LogP contribution in [-0.2, 0) is 7.05 Å². The molecule has 0 aliphatic carbocycles. The lowest BCUT2D eigenvalue weighted by Gasteiger charge is -2.17. The summed E-state index contributed by atoms with van der Waals surface area (Å²) in [6.07, 6.45) is 3.65. The van der Waals surface area contributed by atoms with Crippen molar-refractivity contribution in [3.8, 4) is 0 Å². The van der Waals surface area contributed by atoms with Gasteiger partial charge in [0.1, 0.15) is 11.9 Å². The predicted octanol–water partition coefficient (Wildman–Crippen LogP) is 2.50. The monoisotopic (exact) mass is 358 g/mol. The summed E-state index contributed by atoms with van der Waals surface area (Å²) in [4.78, 5) is 4.31. The van der Waals surface area contributed by atoms with E-state index in [-0.39, 0.29) is 6.04 Å². The second kappa shape index (κ2) is 5.30. The van der Waals surface area contributed by atoms with Gasteiger partial charge in [-0.25, -0.2) is 10.4 Å². The van der Waals surface area contributed by atoms with Crippen LogP contribution in [0.4, 0.5) is 0 Å². The summed E-state index contributed by atoms with van der Waals surface area (Å²) in [7, 11) is 1.94. The third-order valence-electron chi connectivity index (χ3n) is 2.56. The summed E-state index contributed by atoms with van der Waals surface area (Å²) < 4.78 is 3.94. The minimum atomic E-state index is -0.141. The minimum Gasteiger partial charge on any atom is -0.336 e. The molecular weight excluding hydrogens is 348 g/mol. The standard InChI is InChI=1S/C11H12Br2N4/c1-17-5-4-15-11(17)10(16-14)8-3-2-7(12)6-9(8)13/h2-6,10,16H,14H2,1H3. The van der Waals surface area contributed by atoms with Crippen molar-refractivity contribution in [2.45, 2.75) is 6.04 Å². The molecule has 6 heteroatoms. The van der Waals surface area contributed by atoms with Gasteiger partial charge in [0.05, 0.1) is 0 Å². The highest BCUT2D eigenvalue weighted by atomic mass is 79.9. The highest BCUT2D eigenvalue weighted by Gasteiger charge is 2.19. The molecule has 90 valence electrons. The number of aromatic nitrogens is 2. The number of nitrogens with zero attached hydrogens (tertiary/aromatic N) is 2. The smallest absolute Gasteiger partial charge is 0.131 e. The third kappa shape index (κ3) is 2.60. The molecule has 1 heterocycles. The van der Waals surface area contributed by atoms with Gasteiger partial charge in [-0.2, -0.15) is 0 Å². The first-order valence-corrected chi connectivity index (χ1v) is 6.60. The van der Waals surface area contributed by atoms with Crippen LogP contribution in [0.1, 0.15) is 17.4 Å². The van der Waals surface area contributed by atoms with Crippen LogP contribution >= 0.6 is 31.9 Å². The zero-order valence-electron chi connectivity index (χ0n) is 9.19. The number of imidazole rings is 1. The summed E-state index contributed by atoms with van der Waals surface area (Å²) >= 11 is 6.96. The highest BCUT2D eigenvalue weighted by molar-refractivity contribution is 9.11. The molecule has 1 aromatic heterocycles. The Labute approximate surface area is 116 Å². The maximum atomic E-state index is 5.64. The summed E-state index contributed by atoms with van der Waals surface area (Å²) in [6.45, 7) is 0. The van der Waals surface area contributed by atoms with Crippen LogP contribution < -0.4 is 11.3 Å². The number of hydrazine groups is 1. The fraction of sp³-hybridized carbons (Fsp3) is 0.182. The fourth-order valence-corrected chi connectivity index (χ4v) is 2.97. The molecular formula is C11H12Br2N4. The third-order valence-corrected chi connectivity index (χ3v) is 3.74. The van der Waals surface area contributed by atoms with Crippen LogP contribution in [-0.4, -0.2) is 9.55 Å². The van der Waals surface area contributed by atoms with Crippen molar-refractivity contribution in [1.29, 1.82) is 0 Å². The molecule has 3 N–H and O–H groups in total. The van der Waals surface area contributed by atoms with Crippen LogP contribution in [0.2, 0.25) is 0 Å². The molecule has 1 unspecified atom stereocenters. The number of benzene rings is 1. The molecule has 1 aromatic carbocycles. The molecule has 0 aliphatic heterocycles. The van der Waals surface area contributed by atoms with E-state index in [1.54, 1.807) is 6.20 Å². The molecule has 0 saturated carbocycles. The van der Waals surface area contributed by atoms with Crippen molar-refractivity contribution in [2.75, 3.05) is 0 Å². The van der Waals surface area contributed by atoms with Crippen LogP contribution in [0.15, 0.2) is 39.5 Å². The molecule has 1 atom stereocenters. The Kier molecular flexibility index (Phi) is 3.98. The molecule has 0 bridgehead atoms. The SMILES string of the molecule is Cn1ccnc1C(NN)c1ccc(Br)cc1Br.